The van der Waals surface area contributed by atoms with Gasteiger partial charge in [-0.05, 0) is 19.3 Å². The largest absolute Gasteiger partial charge is 0.350 e. The molecule has 0 saturated heterocycles. The maximum Gasteiger partial charge on any atom is 0.171 e. The monoisotopic (exact) mass is 176 g/mol. The van der Waals surface area contributed by atoms with Crippen LogP contribution in [0, 0.1) is 0 Å². The molecule has 1 N–H and O–H groups in total. The van der Waals surface area contributed by atoms with Crippen molar-refractivity contribution in [2.75, 3.05) is 6.61 Å². The Bertz CT molecular complexity index is 102. The summed E-state index contributed by atoms with van der Waals surface area (Å²) in [5.74, 6) is 0. The first-order valence-electron chi connectivity index (χ1n) is 4.45. The molecule has 1 fully saturated rings. The second-order valence-electron chi connectivity index (χ2n) is 3.07. The number of rotatable bonds is 4. The zero-order chi connectivity index (χ0) is 8.10. The molecule has 1 aliphatic rings. The maximum absolute atomic E-state index is 9.52. The van der Waals surface area contributed by atoms with Crippen LogP contribution < -0.4 is 0 Å². The highest BCUT2D eigenvalue weighted by atomic mass is 31.2. The Morgan fingerprint density at radius 1 is 1.45 bits per heavy atom. The van der Waals surface area contributed by atoms with Crippen molar-refractivity contribution in [3.63, 3.8) is 0 Å². The van der Waals surface area contributed by atoms with Crippen molar-refractivity contribution in [1.29, 1.82) is 0 Å². The molecule has 0 bridgehead atoms. The fourth-order valence-corrected chi connectivity index (χ4v) is 2.80. The van der Waals surface area contributed by atoms with Crippen molar-refractivity contribution in [2.45, 2.75) is 44.7 Å². The molecular weight excluding hydrogens is 159 g/mol. The van der Waals surface area contributed by atoms with E-state index in [2.05, 4.69) is 6.92 Å². The Morgan fingerprint density at radius 2 is 2.09 bits per heavy atom. The van der Waals surface area contributed by atoms with Gasteiger partial charge in [-0.2, -0.15) is 0 Å². The molecule has 0 heterocycles. The first-order chi connectivity index (χ1) is 5.34. The molecule has 0 aromatic heterocycles. The summed E-state index contributed by atoms with van der Waals surface area (Å²) < 4.78 is 5.30. The van der Waals surface area contributed by atoms with E-state index < -0.39 is 8.38 Å². The zero-order valence-corrected chi connectivity index (χ0v) is 8.02. The summed E-state index contributed by atoms with van der Waals surface area (Å²) in [4.78, 5) is 9.52. The van der Waals surface area contributed by atoms with Crippen LogP contribution in [0.2, 0.25) is 0 Å². The highest BCUT2D eigenvalue weighted by molar-refractivity contribution is 7.47. The lowest BCUT2D eigenvalue weighted by Crippen LogP contribution is -2.01. The van der Waals surface area contributed by atoms with Crippen LogP contribution in [0.25, 0.3) is 0 Å². The molecule has 0 radical (unpaired) electrons. The summed E-state index contributed by atoms with van der Waals surface area (Å²) in [6.45, 7) is 2.79. The van der Waals surface area contributed by atoms with Gasteiger partial charge in [-0.25, -0.2) is 0 Å². The second-order valence-corrected chi connectivity index (χ2v) is 4.67. The lowest BCUT2D eigenvalue weighted by Gasteiger charge is -2.15. The minimum Gasteiger partial charge on any atom is -0.350 e. The van der Waals surface area contributed by atoms with Crippen LogP contribution >= 0.6 is 8.38 Å². The average Bonchev–Trinajstić information content (AvgIpc) is 2.52. The van der Waals surface area contributed by atoms with E-state index in [-0.39, 0.29) is 0 Å². The second kappa shape index (κ2) is 5.08. The first-order valence-corrected chi connectivity index (χ1v) is 5.73. The summed E-state index contributed by atoms with van der Waals surface area (Å²) in [7, 11) is -1.09. The van der Waals surface area contributed by atoms with Gasteiger partial charge in [0.15, 0.2) is 8.38 Å². The van der Waals surface area contributed by atoms with Gasteiger partial charge >= 0.3 is 0 Å². The van der Waals surface area contributed by atoms with Crippen LogP contribution in [0.4, 0.5) is 0 Å². The van der Waals surface area contributed by atoms with Crippen LogP contribution in [-0.2, 0) is 4.52 Å². The quantitative estimate of drug-likeness (QED) is 0.667. The van der Waals surface area contributed by atoms with Gasteiger partial charge < -0.3 is 9.42 Å². The van der Waals surface area contributed by atoms with Gasteiger partial charge in [0.1, 0.15) is 0 Å². The van der Waals surface area contributed by atoms with Crippen molar-refractivity contribution in [3.05, 3.63) is 0 Å². The Labute approximate surface area is 69.9 Å². The molecular formula is C8H17O2P. The summed E-state index contributed by atoms with van der Waals surface area (Å²) in [5.41, 5.74) is 0.483. The molecule has 2 nitrogen and oxygen atoms in total. The van der Waals surface area contributed by atoms with E-state index in [1.807, 2.05) is 0 Å². The minimum absolute atomic E-state index is 0.483. The highest BCUT2D eigenvalue weighted by Crippen LogP contribution is 2.46. The van der Waals surface area contributed by atoms with E-state index in [1.54, 1.807) is 0 Å². The van der Waals surface area contributed by atoms with E-state index in [4.69, 9.17) is 4.52 Å². The third-order valence-electron chi connectivity index (χ3n) is 2.06. The standard InChI is InChI=1S/C8H17O2P/c1-2-7-10-11(9)8-5-3-4-6-8/h8-9H,2-7H2,1H3. The van der Waals surface area contributed by atoms with Gasteiger partial charge in [-0.15, -0.1) is 0 Å². The summed E-state index contributed by atoms with van der Waals surface area (Å²) in [6.07, 6.45) is 5.91. The Kier molecular flexibility index (Phi) is 4.36. The van der Waals surface area contributed by atoms with E-state index in [0.717, 1.165) is 13.0 Å². The maximum atomic E-state index is 9.52. The molecule has 11 heavy (non-hydrogen) atoms. The lowest BCUT2D eigenvalue weighted by molar-refractivity contribution is 0.302. The molecule has 0 amide bonds. The molecule has 0 aromatic rings. The smallest absolute Gasteiger partial charge is 0.171 e. The van der Waals surface area contributed by atoms with Crippen LogP contribution in [0.3, 0.4) is 0 Å². The Hall–Kier alpha value is 0.350. The van der Waals surface area contributed by atoms with Crippen molar-refractivity contribution in [2.24, 2.45) is 0 Å². The third-order valence-corrected chi connectivity index (χ3v) is 3.65. The molecule has 0 aliphatic heterocycles. The Morgan fingerprint density at radius 3 is 2.64 bits per heavy atom. The van der Waals surface area contributed by atoms with Crippen molar-refractivity contribution in [1.82, 2.24) is 0 Å². The Balaban J connectivity index is 2.12. The van der Waals surface area contributed by atoms with Crippen LogP contribution in [0.15, 0.2) is 0 Å². The topological polar surface area (TPSA) is 29.5 Å². The first kappa shape index (κ1) is 9.44. The SMILES string of the molecule is CCCOP(O)C1CCCC1. The van der Waals surface area contributed by atoms with Gasteiger partial charge in [0.05, 0.1) is 6.61 Å². The molecule has 66 valence electrons. The normalized spacial score (nSPS) is 22.4. The third kappa shape index (κ3) is 3.06. The number of hydrogen-bond donors (Lipinski definition) is 1. The van der Waals surface area contributed by atoms with Crippen molar-refractivity contribution < 1.29 is 9.42 Å². The lowest BCUT2D eigenvalue weighted by atomic mass is 10.4. The van der Waals surface area contributed by atoms with Gasteiger partial charge in [0.2, 0.25) is 0 Å². The van der Waals surface area contributed by atoms with Crippen LogP contribution in [0.5, 0.6) is 0 Å². The van der Waals surface area contributed by atoms with Crippen LogP contribution in [-0.4, -0.2) is 17.2 Å². The summed E-state index contributed by atoms with van der Waals surface area (Å²) in [5, 5.41) is 0. The molecule has 3 heteroatoms. The molecule has 1 saturated carbocycles. The van der Waals surface area contributed by atoms with Gasteiger partial charge in [-0.1, -0.05) is 19.8 Å². The molecule has 1 rings (SSSR count). The zero-order valence-electron chi connectivity index (χ0n) is 7.12. The van der Waals surface area contributed by atoms with E-state index >= 15 is 0 Å². The van der Waals surface area contributed by atoms with Crippen molar-refractivity contribution in [3.8, 4) is 0 Å². The molecule has 1 unspecified atom stereocenters. The van der Waals surface area contributed by atoms with E-state index in [0.29, 0.717) is 5.66 Å². The van der Waals surface area contributed by atoms with E-state index in [1.165, 1.54) is 25.7 Å². The molecule has 0 aromatic carbocycles. The average molecular weight is 176 g/mol. The highest BCUT2D eigenvalue weighted by Gasteiger charge is 2.24. The summed E-state index contributed by atoms with van der Waals surface area (Å²) >= 11 is 0. The predicted molar refractivity (Wildman–Crippen MR) is 47.6 cm³/mol. The van der Waals surface area contributed by atoms with Crippen molar-refractivity contribution >= 4 is 8.38 Å². The van der Waals surface area contributed by atoms with Gasteiger partial charge in [0.25, 0.3) is 0 Å². The van der Waals surface area contributed by atoms with Gasteiger partial charge in [0, 0.05) is 5.66 Å². The summed E-state index contributed by atoms with van der Waals surface area (Å²) in [6, 6.07) is 0. The minimum atomic E-state index is -1.09. The molecule has 0 spiro atoms. The molecule has 1 atom stereocenters. The van der Waals surface area contributed by atoms with E-state index in [9.17, 15) is 4.89 Å². The fraction of sp³-hybridized carbons (Fsp3) is 1.00. The predicted octanol–water partition coefficient (Wildman–Crippen LogP) is 2.66. The molecule has 1 aliphatic carbocycles. The fourth-order valence-electron chi connectivity index (χ4n) is 1.42. The van der Waals surface area contributed by atoms with Crippen LogP contribution in [0.1, 0.15) is 39.0 Å². The number of hydrogen-bond acceptors (Lipinski definition) is 2. The van der Waals surface area contributed by atoms with Gasteiger partial charge in [-0.3, -0.25) is 0 Å².